The highest BCUT2D eigenvalue weighted by molar-refractivity contribution is 8.00. The Morgan fingerprint density at radius 1 is 1.58 bits per heavy atom. The van der Waals surface area contributed by atoms with E-state index in [9.17, 15) is 0 Å². The van der Waals surface area contributed by atoms with Gasteiger partial charge in [-0.3, -0.25) is 0 Å². The lowest BCUT2D eigenvalue weighted by molar-refractivity contribution is 0.339. The van der Waals surface area contributed by atoms with E-state index in [1.54, 1.807) is 0 Å². The molecule has 1 saturated heterocycles. The van der Waals surface area contributed by atoms with Crippen LogP contribution >= 0.6 is 11.8 Å². The molecular formula is C9H20N2S. The standard InChI is InChI=1S/C9H20N2S/c1-8(2)10-6-9-7-11(3)4-5-12-9/h8-10H,4-7H2,1-3H3. The van der Waals surface area contributed by atoms with Crippen LogP contribution < -0.4 is 5.32 Å². The molecule has 0 amide bonds. The third kappa shape index (κ3) is 3.78. The van der Waals surface area contributed by atoms with E-state index in [4.69, 9.17) is 0 Å². The molecule has 2 nitrogen and oxygen atoms in total. The van der Waals surface area contributed by atoms with E-state index in [1.807, 2.05) is 0 Å². The Morgan fingerprint density at radius 3 is 2.92 bits per heavy atom. The molecule has 0 radical (unpaired) electrons. The average Bonchev–Trinajstić information content (AvgIpc) is 2.01. The molecule has 1 heterocycles. The molecule has 0 bridgehead atoms. The minimum atomic E-state index is 0.623. The maximum Gasteiger partial charge on any atom is 0.0300 e. The van der Waals surface area contributed by atoms with Crippen molar-refractivity contribution in [3.63, 3.8) is 0 Å². The molecule has 1 unspecified atom stereocenters. The van der Waals surface area contributed by atoms with Crippen molar-refractivity contribution in [2.24, 2.45) is 0 Å². The molecule has 72 valence electrons. The monoisotopic (exact) mass is 188 g/mol. The number of hydrogen-bond acceptors (Lipinski definition) is 3. The zero-order chi connectivity index (χ0) is 8.97. The Hall–Kier alpha value is 0.270. The second kappa shape index (κ2) is 5.10. The first-order valence-corrected chi connectivity index (χ1v) is 5.77. The summed E-state index contributed by atoms with van der Waals surface area (Å²) in [6, 6.07) is 0.623. The van der Waals surface area contributed by atoms with Gasteiger partial charge in [-0.15, -0.1) is 0 Å². The summed E-state index contributed by atoms with van der Waals surface area (Å²) in [5, 5.41) is 4.29. The van der Waals surface area contributed by atoms with Gasteiger partial charge >= 0.3 is 0 Å². The van der Waals surface area contributed by atoms with Gasteiger partial charge in [-0.2, -0.15) is 11.8 Å². The lowest BCUT2D eigenvalue weighted by Gasteiger charge is -2.29. The van der Waals surface area contributed by atoms with Crippen LogP contribution in [0.1, 0.15) is 13.8 Å². The van der Waals surface area contributed by atoms with Gasteiger partial charge in [-0.05, 0) is 7.05 Å². The maximum absolute atomic E-state index is 3.49. The lowest BCUT2D eigenvalue weighted by atomic mass is 10.3. The van der Waals surface area contributed by atoms with Gasteiger partial charge in [0.25, 0.3) is 0 Å². The largest absolute Gasteiger partial charge is 0.313 e. The van der Waals surface area contributed by atoms with Gasteiger partial charge in [0.1, 0.15) is 0 Å². The molecule has 0 aliphatic carbocycles. The van der Waals surface area contributed by atoms with Gasteiger partial charge in [-0.1, -0.05) is 13.8 Å². The van der Waals surface area contributed by atoms with Gasteiger partial charge in [0.05, 0.1) is 0 Å². The van der Waals surface area contributed by atoms with Crippen molar-refractivity contribution in [2.75, 3.05) is 32.4 Å². The summed E-state index contributed by atoms with van der Waals surface area (Å²) in [6.07, 6.45) is 0. The van der Waals surface area contributed by atoms with Gasteiger partial charge < -0.3 is 10.2 Å². The van der Waals surface area contributed by atoms with Gasteiger partial charge in [0.15, 0.2) is 0 Å². The van der Waals surface area contributed by atoms with Crippen molar-refractivity contribution in [1.29, 1.82) is 0 Å². The quantitative estimate of drug-likeness (QED) is 0.712. The SMILES string of the molecule is CC(C)NCC1CN(C)CCS1. The highest BCUT2D eigenvalue weighted by atomic mass is 32.2. The first-order chi connectivity index (χ1) is 5.68. The Balaban J connectivity index is 2.14. The van der Waals surface area contributed by atoms with Crippen LogP contribution in [0.25, 0.3) is 0 Å². The van der Waals surface area contributed by atoms with E-state index in [-0.39, 0.29) is 0 Å². The first-order valence-electron chi connectivity index (χ1n) is 4.72. The molecule has 0 saturated carbocycles. The second-order valence-corrected chi connectivity index (χ2v) is 5.23. The van der Waals surface area contributed by atoms with Crippen molar-refractivity contribution in [2.45, 2.75) is 25.1 Å². The number of nitrogens with zero attached hydrogens (tertiary/aromatic N) is 1. The van der Waals surface area contributed by atoms with Crippen LogP contribution in [0.4, 0.5) is 0 Å². The molecule has 1 aliphatic rings. The van der Waals surface area contributed by atoms with Crippen LogP contribution in [0, 0.1) is 0 Å². The van der Waals surface area contributed by atoms with Gasteiger partial charge in [-0.25, -0.2) is 0 Å². The highest BCUT2D eigenvalue weighted by Crippen LogP contribution is 2.16. The van der Waals surface area contributed by atoms with Gasteiger partial charge in [0, 0.05) is 36.7 Å². The highest BCUT2D eigenvalue weighted by Gasteiger charge is 2.16. The van der Waals surface area contributed by atoms with Crippen LogP contribution in [0.5, 0.6) is 0 Å². The second-order valence-electron chi connectivity index (χ2n) is 3.82. The van der Waals surface area contributed by atoms with Crippen LogP contribution in [0.3, 0.4) is 0 Å². The molecule has 0 aromatic rings. The Bertz CT molecular complexity index is 128. The fraction of sp³-hybridized carbons (Fsp3) is 1.00. The molecule has 1 atom stereocenters. The fourth-order valence-corrected chi connectivity index (χ4v) is 2.68. The average molecular weight is 188 g/mol. The first kappa shape index (κ1) is 10.4. The molecule has 0 aromatic heterocycles. The van der Waals surface area contributed by atoms with Crippen molar-refractivity contribution < 1.29 is 0 Å². The lowest BCUT2D eigenvalue weighted by Crippen LogP contribution is -2.41. The maximum atomic E-state index is 3.49. The molecule has 1 rings (SSSR count). The molecule has 1 fully saturated rings. The zero-order valence-corrected chi connectivity index (χ0v) is 9.16. The van der Waals surface area contributed by atoms with Crippen molar-refractivity contribution in [3.8, 4) is 0 Å². The summed E-state index contributed by atoms with van der Waals surface area (Å²) in [5.41, 5.74) is 0. The molecule has 1 aliphatic heterocycles. The Labute approximate surface area is 80.1 Å². The van der Waals surface area contributed by atoms with Crippen LogP contribution in [-0.2, 0) is 0 Å². The summed E-state index contributed by atoms with van der Waals surface area (Å²) in [6.45, 7) is 8.06. The van der Waals surface area contributed by atoms with Crippen LogP contribution in [0.2, 0.25) is 0 Å². The molecular weight excluding hydrogens is 168 g/mol. The van der Waals surface area contributed by atoms with E-state index < -0.39 is 0 Å². The van der Waals surface area contributed by atoms with Gasteiger partial charge in [0.2, 0.25) is 0 Å². The van der Waals surface area contributed by atoms with Crippen LogP contribution in [-0.4, -0.2) is 48.6 Å². The van der Waals surface area contributed by atoms with Crippen molar-refractivity contribution >= 4 is 11.8 Å². The van der Waals surface area contributed by atoms with E-state index in [1.165, 1.54) is 18.8 Å². The number of nitrogens with one attached hydrogen (secondary N) is 1. The molecule has 0 aromatic carbocycles. The van der Waals surface area contributed by atoms with Crippen LogP contribution in [0.15, 0.2) is 0 Å². The Kier molecular flexibility index (Phi) is 4.40. The van der Waals surface area contributed by atoms with E-state index in [0.717, 1.165) is 11.8 Å². The molecule has 3 heteroatoms. The summed E-state index contributed by atoms with van der Waals surface area (Å²) in [4.78, 5) is 2.42. The van der Waals surface area contributed by atoms with E-state index in [0.29, 0.717) is 6.04 Å². The molecule has 0 spiro atoms. The molecule has 1 N–H and O–H groups in total. The van der Waals surface area contributed by atoms with E-state index >= 15 is 0 Å². The smallest absolute Gasteiger partial charge is 0.0300 e. The summed E-state index contributed by atoms with van der Waals surface area (Å²) >= 11 is 2.10. The predicted octanol–water partition coefficient (Wildman–Crippen LogP) is 1.03. The third-order valence-electron chi connectivity index (χ3n) is 2.10. The summed E-state index contributed by atoms with van der Waals surface area (Å²) in [7, 11) is 2.21. The van der Waals surface area contributed by atoms with E-state index in [2.05, 4.69) is 42.9 Å². The minimum Gasteiger partial charge on any atom is -0.313 e. The number of hydrogen-bond donors (Lipinski definition) is 1. The number of thioether (sulfide) groups is 1. The fourth-order valence-electron chi connectivity index (χ4n) is 1.36. The van der Waals surface area contributed by atoms with Crippen molar-refractivity contribution in [1.82, 2.24) is 10.2 Å². The Morgan fingerprint density at radius 2 is 2.33 bits per heavy atom. The minimum absolute atomic E-state index is 0.623. The van der Waals surface area contributed by atoms with Crippen molar-refractivity contribution in [3.05, 3.63) is 0 Å². The summed E-state index contributed by atoms with van der Waals surface area (Å²) < 4.78 is 0. The zero-order valence-electron chi connectivity index (χ0n) is 8.34. The topological polar surface area (TPSA) is 15.3 Å². The molecule has 12 heavy (non-hydrogen) atoms. The number of rotatable bonds is 3. The normalized spacial score (nSPS) is 26.5. The predicted molar refractivity (Wildman–Crippen MR) is 56.9 cm³/mol. The summed E-state index contributed by atoms with van der Waals surface area (Å²) in [5.74, 6) is 1.29. The third-order valence-corrected chi connectivity index (χ3v) is 3.30.